The van der Waals surface area contributed by atoms with Gasteiger partial charge in [-0.15, -0.1) is 0 Å². The zero-order chi connectivity index (χ0) is 16.1. The molecule has 0 bridgehead atoms. The number of hydrogen-bond donors (Lipinski definition) is 2. The number of carbonyl (C=O) groups excluding carboxylic acids is 2. The number of rotatable bonds is 5. The van der Waals surface area contributed by atoms with Gasteiger partial charge in [0.2, 0.25) is 5.91 Å². The molecule has 0 aliphatic rings. The van der Waals surface area contributed by atoms with Crippen molar-refractivity contribution >= 4 is 45.0 Å². The third-order valence-corrected chi connectivity index (χ3v) is 3.54. The van der Waals surface area contributed by atoms with Gasteiger partial charge in [-0.2, -0.15) is 0 Å². The minimum atomic E-state index is -0.558. The van der Waals surface area contributed by atoms with Gasteiger partial charge in [-0.3, -0.25) is 9.59 Å². The van der Waals surface area contributed by atoms with Gasteiger partial charge in [0, 0.05) is 16.3 Å². The van der Waals surface area contributed by atoms with Crippen molar-refractivity contribution in [1.29, 1.82) is 0 Å². The van der Waals surface area contributed by atoms with Crippen molar-refractivity contribution in [1.82, 2.24) is 0 Å². The van der Waals surface area contributed by atoms with Crippen LogP contribution in [0.2, 0.25) is 5.02 Å². The Hall–Kier alpha value is -2.05. The predicted molar refractivity (Wildman–Crippen MR) is 88.2 cm³/mol. The Labute approximate surface area is 140 Å². The van der Waals surface area contributed by atoms with E-state index in [0.29, 0.717) is 26.5 Å². The minimum absolute atomic E-state index is 0.180. The van der Waals surface area contributed by atoms with E-state index in [1.54, 1.807) is 36.4 Å². The SMILES string of the molecule is NC(=O)c1cccc(NC(=O)COc2ccc(Cl)cc2Br)c1. The second kappa shape index (κ2) is 7.29. The van der Waals surface area contributed by atoms with Gasteiger partial charge in [0.15, 0.2) is 6.61 Å². The molecule has 0 spiro atoms. The van der Waals surface area contributed by atoms with Gasteiger partial charge >= 0.3 is 0 Å². The van der Waals surface area contributed by atoms with Crippen LogP contribution in [0.15, 0.2) is 46.9 Å². The molecule has 0 radical (unpaired) electrons. The second-order valence-corrected chi connectivity index (χ2v) is 5.65. The molecule has 5 nitrogen and oxygen atoms in total. The summed E-state index contributed by atoms with van der Waals surface area (Å²) in [5, 5.41) is 3.19. The monoisotopic (exact) mass is 382 g/mol. The zero-order valence-electron chi connectivity index (χ0n) is 11.3. The number of primary amides is 1. The first kappa shape index (κ1) is 16.3. The molecule has 2 amide bonds. The molecule has 0 saturated heterocycles. The molecule has 0 heterocycles. The Balaban J connectivity index is 1.95. The Morgan fingerprint density at radius 2 is 2.00 bits per heavy atom. The lowest BCUT2D eigenvalue weighted by Crippen LogP contribution is -2.20. The van der Waals surface area contributed by atoms with E-state index in [-0.39, 0.29) is 12.5 Å². The number of carbonyl (C=O) groups is 2. The summed E-state index contributed by atoms with van der Waals surface area (Å²) in [6.45, 7) is -0.180. The zero-order valence-corrected chi connectivity index (χ0v) is 13.6. The summed E-state index contributed by atoms with van der Waals surface area (Å²) in [6.07, 6.45) is 0. The number of hydrogen-bond acceptors (Lipinski definition) is 3. The van der Waals surface area contributed by atoms with Gasteiger partial charge in [0.25, 0.3) is 5.91 Å². The van der Waals surface area contributed by atoms with Crippen molar-refractivity contribution < 1.29 is 14.3 Å². The van der Waals surface area contributed by atoms with E-state index < -0.39 is 5.91 Å². The normalized spacial score (nSPS) is 10.1. The third-order valence-electron chi connectivity index (χ3n) is 2.68. The van der Waals surface area contributed by atoms with Crippen molar-refractivity contribution in [2.45, 2.75) is 0 Å². The fourth-order valence-electron chi connectivity index (χ4n) is 1.68. The summed E-state index contributed by atoms with van der Waals surface area (Å²) >= 11 is 9.12. The maximum absolute atomic E-state index is 11.9. The number of ether oxygens (including phenoxy) is 1. The first-order valence-corrected chi connectivity index (χ1v) is 7.40. The summed E-state index contributed by atoms with van der Waals surface area (Å²) in [7, 11) is 0. The highest BCUT2D eigenvalue weighted by atomic mass is 79.9. The van der Waals surface area contributed by atoms with E-state index in [1.165, 1.54) is 6.07 Å². The highest BCUT2D eigenvalue weighted by molar-refractivity contribution is 9.10. The summed E-state index contributed by atoms with van der Waals surface area (Å²) in [4.78, 5) is 22.9. The van der Waals surface area contributed by atoms with E-state index in [2.05, 4.69) is 21.2 Å². The molecular formula is C15H12BrClN2O3. The van der Waals surface area contributed by atoms with Crippen LogP contribution >= 0.6 is 27.5 Å². The van der Waals surface area contributed by atoms with E-state index in [1.807, 2.05) is 0 Å². The number of anilines is 1. The maximum Gasteiger partial charge on any atom is 0.262 e. The molecule has 0 saturated carbocycles. The van der Waals surface area contributed by atoms with Crippen LogP contribution in [0.25, 0.3) is 0 Å². The lowest BCUT2D eigenvalue weighted by molar-refractivity contribution is -0.118. The molecule has 114 valence electrons. The topological polar surface area (TPSA) is 81.4 Å². The molecule has 0 aliphatic carbocycles. The fourth-order valence-corrected chi connectivity index (χ4v) is 2.48. The van der Waals surface area contributed by atoms with Gasteiger partial charge < -0.3 is 15.8 Å². The highest BCUT2D eigenvalue weighted by Crippen LogP contribution is 2.27. The van der Waals surface area contributed by atoms with E-state index >= 15 is 0 Å². The molecular weight excluding hydrogens is 372 g/mol. The van der Waals surface area contributed by atoms with Gasteiger partial charge in [0.1, 0.15) is 5.75 Å². The molecule has 0 aliphatic heterocycles. The lowest BCUT2D eigenvalue weighted by Gasteiger charge is -2.09. The van der Waals surface area contributed by atoms with Crippen molar-refractivity contribution in [3.63, 3.8) is 0 Å². The number of amides is 2. The second-order valence-electron chi connectivity index (χ2n) is 4.36. The number of nitrogens with one attached hydrogen (secondary N) is 1. The fraction of sp³-hybridized carbons (Fsp3) is 0.0667. The Morgan fingerprint density at radius 3 is 2.68 bits per heavy atom. The smallest absolute Gasteiger partial charge is 0.262 e. The van der Waals surface area contributed by atoms with Crippen molar-refractivity contribution in [2.75, 3.05) is 11.9 Å². The molecule has 0 fully saturated rings. The minimum Gasteiger partial charge on any atom is -0.483 e. The molecule has 2 rings (SSSR count). The van der Waals surface area contributed by atoms with Crippen LogP contribution in [0.1, 0.15) is 10.4 Å². The summed E-state index contributed by atoms with van der Waals surface area (Å²) in [5.74, 6) is -0.411. The van der Waals surface area contributed by atoms with Crippen LogP contribution < -0.4 is 15.8 Å². The van der Waals surface area contributed by atoms with Crippen LogP contribution in [0.3, 0.4) is 0 Å². The van der Waals surface area contributed by atoms with E-state index in [0.717, 1.165) is 0 Å². The quantitative estimate of drug-likeness (QED) is 0.832. The molecule has 0 atom stereocenters. The lowest BCUT2D eigenvalue weighted by atomic mass is 10.2. The molecule has 22 heavy (non-hydrogen) atoms. The van der Waals surface area contributed by atoms with E-state index in [4.69, 9.17) is 22.1 Å². The molecule has 2 aromatic rings. The molecule has 2 aromatic carbocycles. The summed E-state index contributed by atoms with van der Waals surface area (Å²) in [5.41, 5.74) is 5.98. The first-order valence-electron chi connectivity index (χ1n) is 6.23. The molecule has 7 heteroatoms. The van der Waals surface area contributed by atoms with Crippen LogP contribution in [0, 0.1) is 0 Å². The van der Waals surface area contributed by atoms with Crippen LogP contribution in [-0.2, 0) is 4.79 Å². The van der Waals surface area contributed by atoms with Crippen molar-refractivity contribution in [3.8, 4) is 5.75 Å². The Bertz CT molecular complexity index is 722. The summed E-state index contributed by atoms with van der Waals surface area (Å²) < 4.78 is 6.05. The van der Waals surface area contributed by atoms with Crippen molar-refractivity contribution in [2.24, 2.45) is 5.73 Å². The largest absolute Gasteiger partial charge is 0.483 e. The highest BCUT2D eigenvalue weighted by Gasteiger charge is 2.08. The van der Waals surface area contributed by atoms with Crippen LogP contribution in [-0.4, -0.2) is 18.4 Å². The van der Waals surface area contributed by atoms with Crippen LogP contribution in [0.5, 0.6) is 5.75 Å². The summed E-state index contributed by atoms with van der Waals surface area (Å²) in [6, 6.07) is 11.3. The van der Waals surface area contributed by atoms with Gasteiger partial charge in [0.05, 0.1) is 4.47 Å². The van der Waals surface area contributed by atoms with Crippen molar-refractivity contribution in [3.05, 3.63) is 57.5 Å². The first-order chi connectivity index (χ1) is 10.5. The maximum atomic E-state index is 11.9. The third kappa shape index (κ3) is 4.47. The number of nitrogens with two attached hydrogens (primary N) is 1. The van der Waals surface area contributed by atoms with E-state index in [9.17, 15) is 9.59 Å². The molecule has 0 unspecified atom stereocenters. The Kier molecular flexibility index (Phi) is 5.41. The average molecular weight is 384 g/mol. The standard InChI is InChI=1S/C15H12BrClN2O3/c16-12-7-10(17)4-5-13(12)22-8-14(20)19-11-3-1-2-9(6-11)15(18)21/h1-7H,8H2,(H2,18,21)(H,19,20). The average Bonchev–Trinajstić information content (AvgIpc) is 2.46. The Morgan fingerprint density at radius 1 is 1.23 bits per heavy atom. The molecule has 0 aromatic heterocycles. The van der Waals surface area contributed by atoms with Gasteiger partial charge in [-0.1, -0.05) is 17.7 Å². The van der Waals surface area contributed by atoms with Gasteiger partial charge in [-0.05, 0) is 52.3 Å². The predicted octanol–water partition coefficient (Wildman–Crippen LogP) is 3.22. The van der Waals surface area contributed by atoms with Gasteiger partial charge in [-0.25, -0.2) is 0 Å². The number of halogens is 2. The van der Waals surface area contributed by atoms with Crippen LogP contribution in [0.4, 0.5) is 5.69 Å². The molecule has 3 N–H and O–H groups in total. The number of benzene rings is 2.